The maximum atomic E-state index is 13.4. The Balaban J connectivity index is 1.44. The second-order valence-corrected chi connectivity index (χ2v) is 25.0. The molecule has 88 heavy (non-hydrogen) atoms. The van der Waals surface area contributed by atoms with E-state index in [9.17, 15) is 61.0 Å². The summed E-state index contributed by atoms with van der Waals surface area (Å²) >= 11 is 0. The highest BCUT2D eigenvalue weighted by atomic mass is 16.8. The fourth-order valence-electron chi connectivity index (χ4n) is 11.8. The second-order valence-electron chi connectivity index (χ2n) is 25.0. The van der Waals surface area contributed by atoms with Crippen LogP contribution in [0.15, 0.2) is 48.6 Å². The van der Waals surface area contributed by atoms with E-state index in [1.807, 2.05) is 0 Å². The van der Waals surface area contributed by atoms with Gasteiger partial charge >= 0.3 is 0 Å². The highest BCUT2D eigenvalue weighted by Gasteiger charge is 2.53. The summed E-state index contributed by atoms with van der Waals surface area (Å²) in [5.74, 6) is -0.256. The predicted molar refractivity (Wildman–Crippen MR) is 342 cm³/mol. The Bertz CT molecular complexity index is 1790. The van der Waals surface area contributed by atoms with E-state index in [1.54, 1.807) is 0 Å². The van der Waals surface area contributed by atoms with Crippen molar-refractivity contribution in [1.82, 2.24) is 5.32 Å². The number of hydrogen-bond donors (Lipinski definition) is 12. The fourth-order valence-corrected chi connectivity index (χ4v) is 11.8. The largest absolute Gasteiger partial charge is 0.394 e. The summed E-state index contributed by atoms with van der Waals surface area (Å²) in [6.07, 6.45) is 33.3. The maximum Gasteiger partial charge on any atom is 0.220 e. The fraction of sp³-hybridized carbons (Fsp3) is 0.870. The van der Waals surface area contributed by atoms with Gasteiger partial charge in [-0.1, -0.05) is 242 Å². The molecule has 0 bridgehead atoms. The van der Waals surface area contributed by atoms with Crippen LogP contribution in [-0.4, -0.2) is 193 Å². The Hall–Kier alpha value is -2.25. The molecule has 1 amide bonds. The minimum absolute atomic E-state index is 0.249. The van der Waals surface area contributed by atoms with Gasteiger partial charge in [0.15, 0.2) is 18.9 Å². The molecule has 3 aliphatic heterocycles. The average molecular weight is 1260 g/mol. The molecule has 19 nitrogen and oxygen atoms in total. The minimum Gasteiger partial charge on any atom is -0.394 e. The van der Waals surface area contributed by atoms with Gasteiger partial charge in [0.05, 0.1) is 38.6 Å². The maximum absolute atomic E-state index is 13.4. The number of amides is 1. The van der Waals surface area contributed by atoms with Crippen molar-refractivity contribution in [2.24, 2.45) is 0 Å². The van der Waals surface area contributed by atoms with Crippen molar-refractivity contribution in [3.8, 4) is 0 Å². The van der Waals surface area contributed by atoms with Crippen molar-refractivity contribution in [2.45, 2.75) is 356 Å². The van der Waals surface area contributed by atoms with Crippen LogP contribution >= 0.6 is 0 Å². The Morgan fingerprint density at radius 1 is 0.420 bits per heavy atom. The smallest absolute Gasteiger partial charge is 0.220 e. The van der Waals surface area contributed by atoms with E-state index < -0.39 is 124 Å². The molecular weight excluding hydrogens is 1130 g/mol. The number of aliphatic hydroxyl groups excluding tert-OH is 11. The number of carbonyl (C=O) groups excluding carboxylic acids is 1. The van der Waals surface area contributed by atoms with Gasteiger partial charge in [0.1, 0.15) is 73.2 Å². The van der Waals surface area contributed by atoms with Crippen LogP contribution in [0.25, 0.3) is 0 Å². The van der Waals surface area contributed by atoms with Crippen LogP contribution in [0.2, 0.25) is 0 Å². The van der Waals surface area contributed by atoms with Crippen LogP contribution in [0.1, 0.15) is 251 Å². The molecule has 17 atom stereocenters. The molecule has 514 valence electrons. The Labute approximate surface area is 529 Å². The number of ether oxygens (including phenoxy) is 6. The van der Waals surface area contributed by atoms with E-state index in [-0.39, 0.29) is 18.9 Å². The van der Waals surface area contributed by atoms with Crippen LogP contribution < -0.4 is 5.32 Å². The average Bonchev–Trinajstić information content (AvgIpc) is 3.71. The quantitative estimate of drug-likeness (QED) is 0.0200. The first-order valence-corrected chi connectivity index (χ1v) is 34.9. The number of rotatable bonds is 53. The number of hydrogen-bond acceptors (Lipinski definition) is 18. The number of nitrogens with one attached hydrogen (secondary N) is 1. The molecule has 3 rings (SSSR count). The van der Waals surface area contributed by atoms with E-state index in [0.717, 1.165) is 89.9 Å². The van der Waals surface area contributed by atoms with Gasteiger partial charge in [0, 0.05) is 6.42 Å². The SMILES string of the molecule is CC/C=C\C/C=C\C/C=C\C/C=C\CCCCCCCCC(=O)NC(COC1OC(CO)C(OC2OC(CO)C(OC3OC(CO)C(O)C(O)C3O)C(O)C2O)C(O)C1O)C(O)CCCCCCCCCCCCCCCCCCCCCCCCCC. The van der Waals surface area contributed by atoms with Crippen LogP contribution in [0.5, 0.6) is 0 Å². The van der Waals surface area contributed by atoms with Crippen LogP contribution in [0, 0.1) is 0 Å². The summed E-state index contributed by atoms with van der Waals surface area (Å²) in [5, 5.41) is 121. The van der Waals surface area contributed by atoms with Crippen molar-refractivity contribution in [1.29, 1.82) is 0 Å². The lowest BCUT2D eigenvalue weighted by Gasteiger charge is -2.48. The third kappa shape index (κ3) is 33.0. The van der Waals surface area contributed by atoms with Gasteiger partial charge in [0.2, 0.25) is 5.91 Å². The summed E-state index contributed by atoms with van der Waals surface area (Å²) < 4.78 is 34.4. The third-order valence-electron chi connectivity index (χ3n) is 17.4. The van der Waals surface area contributed by atoms with Gasteiger partial charge in [-0.05, 0) is 51.4 Å². The molecular formula is C69H125NO18. The predicted octanol–water partition coefficient (Wildman–Crippen LogP) is 9.00. The van der Waals surface area contributed by atoms with Gasteiger partial charge in [0.25, 0.3) is 0 Å². The first-order chi connectivity index (χ1) is 42.8. The topological polar surface area (TPSA) is 307 Å². The molecule has 3 saturated heterocycles. The minimum atomic E-state index is -1.98. The lowest BCUT2D eigenvalue weighted by Crippen LogP contribution is -2.66. The zero-order chi connectivity index (χ0) is 64.0. The van der Waals surface area contributed by atoms with E-state index in [4.69, 9.17) is 28.4 Å². The van der Waals surface area contributed by atoms with E-state index >= 15 is 0 Å². The number of carbonyl (C=O) groups is 1. The summed E-state index contributed by atoms with van der Waals surface area (Å²) in [6, 6.07) is -0.897. The first kappa shape index (κ1) is 80.0. The summed E-state index contributed by atoms with van der Waals surface area (Å²) in [5.41, 5.74) is 0. The van der Waals surface area contributed by atoms with Crippen LogP contribution in [0.4, 0.5) is 0 Å². The second kappa shape index (κ2) is 51.2. The van der Waals surface area contributed by atoms with Gasteiger partial charge in [-0.15, -0.1) is 0 Å². The van der Waals surface area contributed by atoms with Crippen molar-refractivity contribution in [3.05, 3.63) is 48.6 Å². The molecule has 0 saturated carbocycles. The number of unbranched alkanes of at least 4 members (excludes halogenated alkanes) is 29. The van der Waals surface area contributed by atoms with E-state index in [2.05, 4.69) is 67.8 Å². The molecule has 3 heterocycles. The van der Waals surface area contributed by atoms with Crippen molar-refractivity contribution < 1.29 is 89.4 Å². The molecule has 0 aromatic heterocycles. The monoisotopic (exact) mass is 1260 g/mol. The highest BCUT2D eigenvalue weighted by molar-refractivity contribution is 5.76. The Morgan fingerprint density at radius 2 is 0.784 bits per heavy atom. The van der Waals surface area contributed by atoms with E-state index in [1.165, 1.54) is 128 Å². The van der Waals surface area contributed by atoms with Crippen molar-refractivity contribution >= 4 is 5.91 Å². The third-order valence-corrected chi connectivity index (χ3v) is 17.4. The molecule has 12 N–H and O–H groups in total. The standard InChI is InChI=1S/C69H125NO18/c1-3-5-7-9-11-13-15-17-19-21-23-24-25-26-27-29-30-32-34-36-38-40-42-44-46-53(74)52(70-57(75)47-45-43-41-39-37-35-33-31-28-22-20-18-16-14-12-10-8-6-4-2)51-83-67-63(81)60(78)65(55(49-72)85-67)88-69-64(82)61(79)66(56(50-73)86-69)87-68-62(80)59(77)58(76)54(48-71)84-68/h6,8,12,14,18,20,28,31,52-56,58-69,71-74,76-82H,3-5,7,9-11,13,15-17,19,21-27,29-30,32-51H2,1-2H3,(H,70,75)/b8-6-,14-12-,20-18-,31-28-. The molecule has 3 aliphatic rings. The van der Waals surface area contributed by atoms with Crippen LogP contribution in [-0.2, 0) is 33.2 Å². The van der Waals surface area contributed by atoms with Gasteiger partial charge in [-0.2, -0.15) is 0 Å². The van der Waals surface area contributed by atoms with Crippen molar-refractivity contribution in [2.75, 3.05) is 26.4 Å². The molecule has 17 unspecified atom stereocenters. The summed E-state index contributed by atoms with van der Waals surface area (Å²) in [4.78, 5) is 13.4. The molecule has 0 aliphatic carbocycles. The van der Waals surface area contributed by atoms with E-state index in [0.29, 0.717) is 12.8 Å². The van der Waals surface area contributed by atoms with Gasteiger partial charge < -0.3 is 89.9 Å². The highest BCUT2D eigenvalue weighted by Crippen LogP contribution is 2.33. The summed E-state index contributed by atoms with van der Waals surface area (Å²) in [6.45, 7) is 1.69. The molecule has 0 aromatic carbocycles. The van der Waals surface area contributed by atoms with Crippen molar-refractivity contribution in [3.63, 3.8) is 0 Å². The summed E-state index contributed by atoms with van der Waals surface area (Å²) in [7, 11) is 0. The molecule has 0 spiro atoms. The molecule has 0 aromatic rings. The first-order valence-electron chi connectivity index (χ1n) is 34.9. The lowest BCUT2D eigenvalue weighted by molar-refractivity contribution is -0.379. The number of aliphatic hydroxyl groups is 11. The zero-order valence-electron chi connectivity index (χ0n) is 54.2. The normalized spacial score (nSPS) is 28.7. The molecule has 3 fully saturated rings. The molecule has 0 radical (unpaired) electrons. The van der Waals surface area contributed by atoms with Gasteiger partial charge in [-0.25, -0.2) is 0 Å². The number of allylic oxidation sites excluding steroid dienone is 8. The lowest BCUT2D eigenvalue weighted by atomic mass is 9.96. The Kier molecular flexibility index (Phi) is 46.5. The van der Waals surface area contributed by atoms with Gasteiger partial charge in [-0.3, -0.25) is 4.79 Å². The Morgan fingerprint density at radius 3 is 1.23 bits per heavy atom. The zero-order valence-corrected chi connectivity index (χ0v) is 54.2. The van der Waals surface area contributed by atoms with Crippen LogP contribution in [0.3, 0.4) is 0 Å². The molecule has 19 heteroatoms.